The first-order chi connectivity index (χ1) is 7.13. The van der Waals surface area contributed by atoms with E-state index in [9.17, 15) is 0 Å². The van der Waals surface area contributed by atoms with Crippen LogP contribution in [0.4, 0.5) is 11.4 Å². The minimum atomic E-state index is 0.475. The van der Waals surface area contributed by atoms with E-state index >= 15 is 0 Å². The lowest BCUT2D eigenvalue weighted by Gasteiger charge is -2.11. The highest BCUT2D eigenvalue weighted by atomic mass is 14.9. The fourth-order valence-corrected chi connectivity index (χ4v) is 1.48. The molecule has 1 aromatic rings. The number of hydrogen-bond acceptors (Lipinski definition) is 3. The number of nitriles is 1. The third-order valence-corrected chi connectivity index (χ3v) is 2.99. The summed E-state index contributed by atoms with van der Waals surface area (Å²) in [6, 6.07) is 7.54. The van der Waals surface area contributed by atoms with E-state index in [1.54, 1.807) is 6.07 Å². The van der Waals surface area contributed by atoms with Gasteiger partial charge in [-0.25, -0.2) is 0 Å². The predicted octanol–water partition coefficient (Wildman–Crippen LogP) is 2.35. The van der Waals surface area contributed by atoms with Crippen LogP contribution in [0.15, 0.2) is 18.2 Å². The number of nitrogens with one attached hydrogen (secondary N) is 1. The van der Waals surface area contributed by atoms with E-state index < -0.39 is 0 Å². The maximum atomic E-state index is 8.73. The highest BCUT2D eigenvalue weighted by molar-refractivity contribution is 5.62. The van der Waals surface area contributed by atoms with Crippen molar-refractivity contribution >= 4 is 11.4 Å². The molecule has 1 aromatic carbocycles. The second-order valence-electron chi connectivity index (χ2n) is 4.58. The van der Waals surface area contributed by atoms with Crippen molar-refractivity contribution in [1.82, 2.24) is 0 Å². The number of benzene rings is 1. The molecule has 0 amide bonds. The molecule has 0 heterocycles. The van der Waals surface area contributed by atoms with Crippen LogP contribution in [0.25, 0.3) is 0 Å². The summed E-state index contributed by atoms with van der Waals surface area (Å²) < 4.78 is 0. The Morgan fingerprint density at radius 2 is 2.27 bits per heavy atom. The highest BCUT2D eigenvalue weighted by Gasteiger charge is 2.36. The first kappa shape index (κ1) is 9.85. The van der Waals surface area contributed by atoms with Crippen molar-refractivity contribution in [3.05, 3.63) is 23.8 Å². The van der Waals surface area contributed by atoms with Crippen LogP contribution in [0.2, 0.25) is 0 Å². The van der Waals surface area contributed by atoms with Gasteiger partial charge in [0.05, 0.1) is 11.3 Å². The van der Waals surface area contributed by atoms with Crippen LogP contribution in [0.1, 0.15) is 25.3 Å². The first-order valence-corrected chi connectivity index (χ1v) is 5.16. The zero-order valence-corrected chi connectivity index (χ0v) is 8.88. The van der Waals surface area contributed by atoms with Crippen LogP contribution in [-0.4, -0.2) is 6.54 Å². The van der Waals surface area contributed by atoms with Crippen molar-refractivity contribution in [2.45, 2.75) is 19.8 Å². The monoisotopic (exact) mass is 201 g/mol. The molecule has 3 heteroatoms. The van der Waals surface area contributed by atoms with E-state index in [4.69, 9.17) is 11.0 Å². The maximum Gasteiger partial charge on any atom is 0.101 e. The smallest absolute Gasteiger partial charge is 0.101 e. The van der Waals surface area contributed by atoms with Crippen LogP contribution in [0.5, 0.6) is 0 Å². The number of rotatable bonds is 3. The van der Waals surface area contributed by atoms with E-state index in [1.165, 1.54) is 12.8 Å². The normalized spacial score (nSPS) is 16.8. The molecule has 15 heavy (non-hydrogen) atoms. The Hall–Kier alpha value is -1.69. The van der Waals surface area contributed by atoms with Crippen LogP contribution in [-0.2, 0) is 0 Å². The van der Waals surface area contributed by atoms with E-state index in [0.29, 0.717) is 16.7 Å². The maximum absolute atomic E-state index is 8.73. The SMILES string of the molecule is CC1(CNc2ccc(C#N)c(N)c2)CC1. The number of hydrogen-bond donors (Lipinski definition) is 2. The van der Waals surface area contributed by atoms with E-state index in [2.05, 4.69) is 18.3 Å². The van der Waals surface area contributed by atoms with Crippen molar-refractivity contribution < 1.29 is 0 Å². The summed E-state index contributed by atoms with van der Waals surface area (Å²) in [5.74, 6) is 0. The van der Waals surface area contributed by atoms with Gasteiger partial charge in [-0.3, -0.25) is 0 Å². The Kier molecular flexibility index (Phi) is 2.28. The highest BCUT2D eigenvalue weighted by Crippen LogP contribution is 2.44. The van der Waals surface area contributed by atoms with Gasteiger partial charge in [-0.2, -0.15) is 5.26 Å². The average molecular weight is 201 g/mol. The summed E-state index contributed by atoms with van der Waals surface area (Å²) in [4.78, 5) is 0. The van der Waals surface area contributed by atoms with E-state index in [1.807, 2.05) is 12.1 Å². The molecule has 2 rings (SSSR count). The standard InChI is InChI=1S/C12H15N3/c1-12(4-5-12)8-15-10-3-2-9(7-13)11(14)6-10/h2-3,6,15H,4-5,8,14H2,1H3. The molecule has 1 aliphatic rings. The Bertz CT molecular complexity index is 413. The fourth-order valence-electron chi connectivity index (χ4n) is 1.48. The van der Waals surface area contributed by atoms with Gasteiger partial charge in [-0.15, -0.1) is 0 Å². The van der Waals surface area contributed by atoms with Gasteiger partial charge in [0.2, 0.25) is 0 Å². The summed E-state index contributed by atoms with van der Waals surface area (Å²) in [6.07, 6.45) is 2.59. The lowest BCUT2D eigenvalue weighted by atomic mass is 10.1. The molecule has 78 valence electrons. The van der Waals surface area contributed by atoms with Crippen molar-refractivity contribution in [2.24, 2.45) is 5.41 Å². The third kappa shape index (κ3) is 2.21. The fraction of sp³-hybridized carbons (Fsp3) is 0.417. The summed E-state index contributed by atoms with van der Waals surface area (Å²) in [6.45, 7) is 3.26. The quantitative estimate of drug-likeness (QED) is 0.738. The lowest BCUT2D eigenvalue weighted by molar-refractivity contribution is 0.611. The van der Waals surface area contributed by atoms with Gasteiger partial charge < -0.3 is 11.1 Å². The summed E-state index contributed by atoms with van der Waals surface area (Å²) in [5, 5.41) is 12.1. The van der Waals surface area contributed by atoms with Gasteiger partial charge in [-0.1, -0.05) is 6.92 Å². The van der Waals surface area contributed by atoms with Crippen molar-refractivity contribution in [3.8, 4) is 6.07 Å². The van der Waals surface area contributed by atoms with Crippen molar-refractivity contribution in [3.63, 3.8) is 0 Å². The van der Waals surface area contributed by atoms with Gasteiger partial charge in [0, 0.05) is 12.2 Å². The second-order valence-corrected chi connectivity index (χ2v) is 4.58. The number of nitrogens with zero attached hydrogens (tertiary/aromatic N) is 1. The minimum Gasteiger partial charge on any atom is -0.398 e. The predicted molar refractivity (Wildman–Crippen MR) is 61.4 cm³/mol. The molecule has 1 saturated carbocycles. The Balaban J connectivity index is 2.03. The van der Waals surface area contributed by atoms with Crippen LogP contribution in [0.3, 0.4) is 0 Å². The molecule has 1 aliphatic carbocycles. The molecule has 0 atom stereocenters. The largest absolute Gasteiger partial charge is 0.398 e. The summed E-state index contributed by atoms with van der Waals surface area (Å²) >= 11 is 0. The zero-order valence-electron chi connectivity index (χ0n) is 8.88. The molecule has 0 saturated heterocycles. The topological polar surface area (TPSA) is 61.8 Å². The number of nitrogen functional groups attached to an aromatic ring is 1. The van der Waals surface area contributed by atoms with Crippen molar-refractivity contribution in [2.75, 3.05) is 17.6 Å². The zero-order chi connectivity index (χ0) is 10.9. The molecule has 1 fully saturated rings. The molecule has 0 radical (unpaired) electrons. The van der Waals surface area contributed by atoms with Gasteiger partial charge in [0.1, 0.15) is 6.07 Å². The van der Waals surface area contributed by atoms with Gasteiger partial charge in [-0.05, 0) is 36.5 Å². The molecule has 3 N–H and O–H groups in total. The van der Waals surface area contributed by atoms with Gasteiger partial charge in [0.25, 0.3) is 0 Å². The average Bonchev–Trinajstić information content (AvgIpc) is 2.95. The van der Waals surface area contributed by atoms with Crippen molar-refractivity contribution in [1.29, 1.82) is 5.26 Å². The summed E-state index contributed by atoms with van der Waals surface area (Å²) in [7, 11) is 0. The summed E-state index contributed by atoms with van der Waals surface area (Å²) in [5.41, 5.74) is 8.28. The Morgan fingerprint density at radius 3 is 2.80 bits per heavy atom. The number of anilines is 2. The van der Waals surface area contributed by atoms with Gasteiger partial charge in [0.15, 0.2) is 0 Å². The first-order valence-electron chi connectivity index (χ1n) is 5.16. The van der Waals surface area contributed by atoms with Crippen LogP contribution in [0, 0.1) is 16.7 Å². The minimum absolute atomic E-state index is 0.475. The van der Waals surface area contributed by atoms with Gasteiger partial charge >= 0.3 is 0 Å². The molecule has 0 aromatic heterocycles. The molecule has 3 nitrogen and oxygen atoms in total. The molecule has 0 bridgehead atoms. The Morgan fingerprint density at radius 1 is 1.53 bits per heavy atom. The molecule has 0 spiro atoms. The molecule has 0 unspecified atom stereocenters. The van der Waals surface area contributed by atoms with Crippen LogP contribution >= 0.6 is 0 Å². The van der Waals surface area contributed by atoms with E-state index in [0.717, 1.165) is 12.2 Å². The van der Waals surface area contributed by atoms with E-state index in [-0.39, 0.29) is 0 Å². The molecular formula is C12H15N3. The van der Waals surface area contributed by atoms with Crippen LogP contribution < -0.4 is 11.1 Å². The third-order valence-electron chi connectivity index (χ3n) is 2.99. The molecule has 0 aliphatic heterocycles. The Labute approximate surface area is 89.9 Å². The lowest BCUT2D eigenvalue weighted by Crippen LogP contribution is -2.11. The second kappa shape index (κ2) is 3.47. The molecular weight excluding hydrogens is 186 g/mol. The number of nitrogens with two attached hydrogens (primary N) is 1.